The first-order valence-electron chi connectivity index (χ1n) is 10.8. The molecule has 0 spiro atoms. The molecule has 10 heteroatoms. The smallest absolute Gasteiger partial charge is 0.338 e. The third kappa shape index (κ3) is 4.75. The van der Waals surface area contributed by atoms with Gasteiger partial charge in [0, 0.05) is 11.1 Å². The number of fused-ring (bicyclic) bond motifs is 2. The fourth-order valence-corrected chi connectivity index (χ4v) is 5.23. The van der Waals surface area contributed by atoms with Crippen LogP contribution in [0.5, 0.6) is 0 Å². The number of sulfonamides is 1. The van der Waals surface area contributed by atoms with Crippen LogP contribution in [0, 0.1) is 0 Å². The van der Waals surface area contributed by atoms with Gasteiger partial charge in [0.1, 0.15) is 11.5 Å². The van der Waals surface area contributed by atoms with E-state index in [-0.39, 0.29) is 51.0 Å². The highest BCUT2D eigenvalue weighted by Gasteiger charge is 2.35. The van der Waals surface area contributed by atoms with Gasteiger partial charge in [-0.05, 0) is 54.3 Å². The quantitative estimate of drug-likeness (QED) is 0.440. The summed E-state index contributed by atoms with van der Waals surface area (Å²) in [6.07, 6.45) is -4.66. The number of anilines is 3. The minimum absolute atomic E-state index is 0.0213. The monoisotopic (exact) mass is 503 g/mol. The molecule has 0 unspecified atom stereocenters. The van der Waals surface area contributed by atoms with Gasteiger partial charge in [0.05, 0.1) is 22.8 Å². The Morgan fingerprint density at radius 2 is 1.66 bits per heavy atom. The molecule has 1 N–H and O–H groups in total. The largest absolute Gasteiger partial charge is 0.433 e. The van der Waals surface area contributed by atoms with Crippen molar-refractivity contribution in [2.24, 2.45) is 0 Å². The predicted molar refractivity (Wildman–Crippen MR) is 127 cm³/mol. The van der Waals surface area contributed by atoms with Gasteiger partial charge in [0.2, 0.25) is 0 Å². The lowest BCUT2D eigenvalue weighted by Gasteiger charge is -2.25. The molecule has 1 aromatic heterocycles. The third-order valence-electron chi connectivity index (χ3n) is 5.82. The summed E-state index contributed by atoms with van der Waals surface area (Å²) in [5.41, 5.74) is 0.553. The number of ketones is 1. The number of nitrogens with zero attached hydrogens (tertiary/aromatic N) is 2. The molecule has 1 aliphatic heterocycles. The van der Waals surface area contributed by atoms with Crippen molar-refractivity contribution in [1.82, 2.24) is 4.98 Å². The number of hydrogen-bond donors (Lipinski definition) is 1. The average molecular weight is 504 g/mol. The van der Waals surface area contributed by atoms with E-state index in [9.17, 15) is 26.4 Å². The maximum atomic E-state index is 13.8. The van der Waals surface area contributed by atoms with Gasteiger partial charge in [-0.1, -0.05) is 39.0 Å². The van der Waals surface area contributed by atoms with Crippen LogP contribution in [0.4, 0.5) is 30.4 Å². The molecular formula is C25H24F3N3O3S. The van der Waals surface area contributed by atoms with Crippen molar-refractivity contribution >= 4 is 33.0 Å². The lowest BCUT2D eigenvalue weighted by molar-refractivity contribution is -0.141. The molecule has 1 aliphatic rings. The highest BCUT2D eigenvalue weighted by molar-refractivity contribution is 7.92. The Bertz CT molecular complexity index is 1410. The van der Waals surface area contributed by atoms with Crippen LogP contribution in [0.3, 0.4) is 0 Å². The van der Waals surface area contributed by atoms with Gasteiger partial charge >= 0.3 is 6.18 Å². The van der Waals surface area contributed by atoms with Crippen molar-refractivity contribution in [3.05, 3.63) is 77.0 Å². The van der Waals surface area contributed by atoms with Crippen molar-refractivity contribution in [1.29, 1.82) is 0 Å². The van der Waals surface area contributed by atoms with Gasteiger partial charge in [-0.2, -0.15) is 13.2 Å². The number of carbonyl (C=O) groups is 1. The van der Waals surface area contributed by atoms with Gasteiger partial charge in [-0.15, -0.1) is 0 Å². The van der Waals surface area contributed by atoms with Crippen LogP contribution in [0.15, 0.2) is 59.5 Å². The van der Waals surface area contributed by atoms with E-state index in [1.165, 1.54) is 43.3 Å². The molecule has 0 bridgehead atoms. The predicted octanol–water partition coefficient (Wildman–Crippen LogP) is 6.05. The number of carbonyl (C=O) groups excluding carboxylic acids is 1. The molecule has 0 amide bonds. The Kier molecular flexibility index (Phi) is 5.91. The van der Waals surface area contributed by atoms with Crippen molar-refractivity contribution in [3.63, 3.8) is 0 Å². The zero-order valence-electron chi connectivity index (χ0n) is 19.6. The molecule has 184 valence electrons. The SMILES string of the molecule is CC(=O)c1ccc2c(c1)N(S(=O)(=O)c1ccc(C(C)(C)C)cc1)Cc1ccc(C(F)(F)F)nc1N2. The zero-order chi connectivity index (χ0) is 25.8. The lowest BCUT2D eigenvalue weighted by atomic mass is 9.87. The molecule has 0 fully saturated rings. The molecule has 0 atom stereocenters. The van der Waals surface area contributed by atoms with Gasteiger partial charge in [-0.25, -0.2) is 13.4 Å². The summed E-state index contributed by atoms with van der Waals surface area (Å²) < 4.78 is 68.5. The topological polar surface area (TPSA) is 79.4 Å². The van der Waals surface area contributed by atoms with Crippen molar-refractivity contribution < 1.29 is 26.4 Å². The number of halogens is 3. The molecule has 0 aliphatic carbocycles. The second-order valence-corrected chi connectivity index (χ2v) is 11.3. The van der Waals surface area contributed by atoms with Crippen molar-refractivity contribution in [2.75, 3.05) is 9.62 Å². The van der Waals surface area contributed by atoms with Gasteiger partial charge in [0.25, 0.3) is 10.0 Å². The minimum atomic E-state index is -4.66. The Morgan fingerprint density at radius 1 is 1.00 bits per heavy atom. The minimum Gasteiger partial charge on any atom is -0.338 e. The Labute approximate surface area is 201 Å². The summed E-state index contributed by atoms with van der Waals surface area (Å²) in [7, 11) is -4.15. The number of benzene rings is 2. The molecule has 3 aromatic rings. The van der Waals surface area contributed by atoms with E-state index >= 15 is 0 Å². The third-order valence-corrected chi connectivity index (χ3v) is 7.59. The van der Waals surface area contributed by atoms with Crippen LogP contribution in [0.1, 0.15) is 54.9 Å². The molecular weight excluding hydrogens is 479 g/mol. The second kappa shape index (κ2) is 8.37. The normalized spacial score (nSPS) is 14.0. The molecule has 35 heavy (non-hydrogen) atoms. The van der Waals surface area contributed by atoms with Crippen LogP contribution < -0.4 is 9.62 Å². The first-order valence-corrected chi connectivity index (χ1v) is 12.2. The van der Waals surface area contributed by atoms with Gasteiger partial charge < -0.3 is 5.32 Å². The van der Waals surface area contributed by atoms with E-state index in [4.69, 9.17) is 0 Å². The maximum Gasteiger partial charge on any atom is 0.433 e. The highest BCUT2D eigenvalue weighted by Crippen LogP contribution is 2.40. The van der Waals surface area contributed by atoms with E-state index < -0.39 is 21.9 Å². The Morgan fingerprint density at radius 3 is 2.23 bits per heavy atom. The van der Waals surface area contributed by atoms with Crippen molar-refractivity contribution in [3.8, 4) is 0 Å². The van der Waals surface area contributed by atoms with Crippen LogP contribution in [-0.2, 0) is 28.2 Å². The van der Waals surface area contributed by atoms with Crippen LogP contribution in [0.25, 0.3) is 0 Å². The Balaban J connectivity index is 1.88. The van der Waals surface area contributed by atoms with Crippen molar-refractivity contribution in [2.45, 2.75) is 50.7 Å². The van der Waals surface area contributed by atoms with Crippen LogP contribution in [0.2, 0.25) is 0 Å². The summed E-state index contributed by atoms with van der Waals surface area (Å²) in [6.45, 7) is 7.11. The van der Waals surface area contributed by atoms with E-state index in [0.29, 0.717) is 0 Å². The number of hydrogen-bond acceptors (Lipinski definition) is 5. The van der Waals surface area contributed by atoms with E-state index in [2.05, 4.69) is 10.3 Å². The maximum absolute atomic E-state index is 13.8. The molecule has 4 rings (SSSR count). The van der Waals surface area contributed by atoms with Gasteiger partial charge in [0.15, 0.2) is 5.78 Å². The number of aromatic nitrogens is 1. The van der Waals surface area contributed by atoms with E-state index in [1.807, 2.05) is 20.8 Å². The molecule has 0 saturated carbocycles. The van der Waals surface area contributed by atoms with E-state index in [1.54, 1.807) is 12.1 Å². The number of rotatable bonds is 3. The Hall–Kier alpha value is -3.40. The zero-order valence-corrected chi connectivity index (χ0v) is 20.4. The van der Waals surface area contributed by atoms with E-state index in [0.717, 1.165) is 15.9 Å². The molecule has 0 saturated heterocycles. The van der Waals surface area contributed by atoms with Crippen LogP contribution >= 0.6 is 0 Å². The number of Topliss-reactive ketones (excluding diaryl/α,β-unsaturated/α-hetero) is 1. The standard InChI is InChI=1S/C25H24F3N3O3S/c1-15(32)16-5-11-20-21(13-16)31(14-17-6-12-22(25(26,27)28)30-23(17)29-20)35(33,34)19-9-7-18(8-10-19)24(2,3)4/h5-13H,14H2,1-4H3,(H,29,30). The average Bonchev–Trinajstić information content (AvgIpc) is 2.94. The molecule has 0 radical (unpaired) electrons. The number of pyridine rings is 1. The fourth-order valence-electron chi connectivity index (χ4n) is 3.78. The lowest BCUT2D eigenvalue weighted by Crippen LogP contribution is -2.30. The summed E-state index contributed by atoms with van der Waals surface area (Å²) in [5.74, 6) is -0.378. The summed E-state index contributed by atoms with van der Waals surface area (Å²) >= 11 is 0. The molecule has 2 aromatic carbocycles. The first-order chi connectivity index (χ1) is 16.2. The molecule has 6 nitrogen and oxygen atoms in total. The summed E-state index contributed by atoms with van der Waals surface area (Å²) in [6, 6.07) is 12.9. The summed E-state index contributed by atoms with van der Waals surface area (Å²) in [5, 5.41) is 2.84. The first kappa shape index (κ1) is 24.7. The number of nitrogens with one attached hydrogen (secondary N) is 1. The number of alkyl halides is 3. The van der Waals surface area contributed by atoms with Crippen LogP contribution in [-0.4, -0.2) is 19.2 Å². The highest BCUT2D eigenvalue weighted by atomic mass is 32.2. The second-order valence-electron chi connectivity index (χ2n) is 9.40. The molecule has 2 heterocycles. The fraction of sp³-hybridized carbons (Fsp3) is 0.280. The van der Waals surface area contributed by atoms with Gasteiger partial charge in [-0.3, -0.25) is 9.10 Å². The summed E-state index contributed by atoms with van der Waals surface area (Å²) in [4.78, 5) is 15.7.